The fraction of sp³-hybridized carbons (Fsp3) is 0.647. The molecule has 0 saturated carbocycles. The van der Waals surface area contributed by atoms with Gasteiger partial charge in [-0.1, -0.05) is 13.3 Å². The third-order valence-electron chi connectivity index (χ3n) is 4.25. The molecule has 0 aliphatic carbocycles. The largest absolute Gasteiger partial charge is 0.492 e. The lowest BCUT2D eigenvalue weighted by atomic mass is 10.2. The maximum absolute atomic E-state index is 11.5. The molecule has 0 aromatic heterocycles. The lowest BCUT2D eigenvalue weighted by Crippen LogP contribution is -2.34. The highest BCUT2D eigenvalue weighted by atomic mass is 32.2. The highest BCUT2D eigenvalue weighted by Gasteiger charge is 2.24. The minimum Gasteiger partial charge on any atom is -0.492 e. The average Bonchev–Trinajstić information content (AvgIpc) is 2.99. The summed E-state index contributed by atoms with van der Waals surface area (Å²) in [6.07, 6.45) is 4.90. The molecule has 5 nitrogen and oxygen atoms in total. The van der Waals surface area contributed by atoms with Crippen LogP contribution in [0.15, 0.2) is 24.3 Å². The Morgan fingerprint density at radius 3 is 2.65 bits per heavy atom. The third kappa shape index (κ3) is 5.70. The van der Waals surface area contributed by atoms with Gasteiger partial charge in [0.15, 0.2) is 0 Å². The van der Waals surface area contributed by atoms with Gasteiger partial charge in [-0.05, 0) is 63.5 Å². The van der Waals surface area contributed by atoms with Crippen LogP contribution >= 0.6 is 0 Å². The summed E-state index contributed by atoms with van der Waals surface area (Å²) in [5.41, 5.74) is 0.574. The number of likely N-dealkylation sites (tertiary alicyclic amines) is 1. The van der Waals surface area contributed by atoms with Crippen LogP contribution in [0.25, 0.3) is 0 Å². The molecule has 1 aliphatic rings. The minimum absolute atomic E-state index is 0.0700. The van der Waals surface area contributed by atoms with Crippen molar-refractivity contribution in [3.8, 4) is 5.75 Å². The Balaban J connectivity index is 1.84. The standard InChI is InChI=1S/C17H28N2O3S/c1-3-5-12-19-13-6-7-16(19)14-22-17-10-8-15(9-11-17)18-23(20,21)4-2/h8-11,16,18H,3-7,12-14H2,1-2H3. The summed E-state index contributed by atoms with van der Waals surface area (Å²) in [4.78, 5) is 2.52. The van der Waals surface area contributed by atoms with Gasteiger partial charge in [-0.3, -0.25) is 9.62 Å². The smallest absolute Gasteiger partial charge is 0.232 e. The van der Waals surface area contributed by atoms with Gasteiger partial charge in [0.1, 0.15) is 12.4 Å². The lowest BCUT2D eigenvalue weighted by molar-refractivity contribution is 0.171. The molecule has 1 fully saturated rings. The number of nitrogens with one attached hydrogen (secondary N) is 1. The van der Waals surface area contributed by atoms with Crippen molar-refractivity contribution in [3.63, 3.8) is 0 Å². The second-order valence-electron chi connectivity index (χ2n) is 6.03. The molecule has 1 saturated heterocycles. The van der Waals surface area contributed by atoms with Gasteiger partial charge in [-0.2, -0.15) is 0 Å². The molecule has 1 aliphatic heterocycles. The van der Waals surface area contributed by atoms with Crippen LogP contribution in [-0.2, 0) is 10.0 Å². The molecule has 23 heavy (non-hydrogen) atoms. The zero-order chi connectivity index (χ0) is 16.7. The predicted octanol–water partition coefficient (Wildman–Crippen LogP) is 3.09. The molecule has 1 atom stereocenters. The van der Waals surface area contributed by atoms with Gasteiger partial charge in [0.05, 0.1) is 5.75 Å². The van der Waals surface area contributed by atoms with Gasteiger partial charge in [0.25, 0.3) is 0 Å². The van der Waals surface area contributed by atoms with Crippen molar-refractivity contribution in [1.82, 2.24) is 4.90 Å². The second kappa shape index (κ2) is 8.55. The first-order valence-corrected chi connectivity index (χ1v) is 10.2. The minimum atomic E-state index is -3.22. The number of sulfonamides is 1. The number of hydrogen-bond donors (Lipinski definition) is 1. The van der Waals surface area contributed by atoms with Crippen LogP contribution in [0, 0.1) is 0 Å². The molecule has 2 rings (SSSR count). The summed E-state index contributed by atoms with van der Waals surface area (Å²) in [7, 11) is -3.22. The summed E-state index contributed by atoms with van der Waals surface area (Å²) < 4.78 is 31.5. The maximum atomic E-state index is 11.5. The Morgan fingerprint density at radius 2 is 2.00 bits per heavy atom. The first-order chi connectivity index (χ1) is 11.0. The normalized spacial score (nSPS) is 19.0. The average molecular weight is 340 g/mol. The van der Waals surface area contributed by atoms with Gasteiger partial charge < -0.3 is 4.74 Å². The lowest BCUT2D eigenvalue weighted by Gasteiger charge is -2.24. The summed E-state index contributed by atoms with van der Waals surface area (Å²) in [5, 5.41) is 0. The predicted molar refractivity (Wildman–Crippen MR) is 94.5 cm³/mol. The maximum Gasteiger partial charge on any atom is 0.232 e. The highest BCUT2D eigenvalue weighted by Crippen LogP contribution is 2.21. The van der Waals surface area contributed by atoms with Crippen molar-refractivity contribution in [2.24, 2.45) is 0 Å². The van der Waals surface area contributed by atoms with Crippen molar-refractivity contribution in [2.45, 2.75) is 45.6 Å². The van der Waals surface area contributed by atoms with E-state index in [1.165, 1.54) is 32.2 Å². The molecule has 1 unspecified atom stereocenters. The summed E-state index contributed by atoms with van der Waals surface area (Å²) in [6.45, 7) is 6.86. The first kappa shape index (κ1) is 18.1. The van der Waals surface area contributed by atoms with Crippen LogP contribution in [0.2, 0.25) is 0 Å². The Labute approximate surface area is 140 Å². The summed E-state index contributed by atoms with van der Waals surface area (Å²) in [6, 6.07) is 7.62. The Hall–Kier alpha value is -1.27. The van der Waals surface area contributed by atoms with Crippen molar-refractivity contribution in [1.29, 1.82) is 0 Å². The molecule has 0 spiro atoms. The molecular formula is C17H28N2O3S. The van der Waals surface area contributed by atoms with Gasteiger partial charge in [-0.25, -0.2) is 8.42 Å². The van der Waals surface area contributed by atoms with E-state index in [4.69, 9.17) is 4.74 Å². The molecule has 1 N–H and O–H groups in total. The Morgan fingerprint density at radius 1 is 1.26 bits per heavy atom. The Bertz CT molecular complexity index is 572. The summed E-state index contributed by atoms with van der Waals surface area (Å²) in [5.74, 6) is 0.854. The molecule has 1 aromatic carbocycles. The quantitative estimate of drug-likeness (QED) is 0.750. The second-order valence-corrected chi connectivity index (χ2v) is 8.04. The molecular weight excluding hydrogens is 312 g/mol. The topological polar surface area (TPSA) is 58.6 Å². The van der Waals surface area contributed by atoms with E-state index in [1.54, 1.807) is 19.1 Å². The van der Waals surface area contributed by atoms with Crippen molar-refractivity contribution < 1.29 is 13.2 Å². The fourth-order valence-corrected chi connectivity index (χ4v) is 3.44. The number of ether oxygens (including phenoxy) is 1. The van der Waals surface area contributed by atoms with Gasteiger partial charge in [0, 0.05) is 11.7 Å². The number of benzene rings is 1. The fourth-order valence-electron chi connectivity index (χ4n) is 2.80. The number of hydrogen-bond acceptors (Lipinski definition) is 4. The van der Waals surface area contributed by atoms with E-state index in [-0.39, 0.29) is 5.75 Å². The van der Waals surface area contributed by atoms with Gasteiger partial charge in [0.2, 0.25) is 10.0 Å². The molecule has 1 aromatic rings. The molecule has 1 heterocycles. The van der Waals surface area contributed by atoms with Crippen molar-refractivity contribution in [3.05, 3.63) is 24.3 Å². The zero-order valence-corrected chi connectivity index (χ0v) is 14.9. The van der Waals surface area contributed by atoms with E-state index in [2.05, 4.69) is 16.5 Å². The summed E-state index contributed by atoms with van der Waals surface area (Å²) >= 11 is 0. The first-order valence-electron chi connectivity index (χ1n) is 8.51. The molecule has 0 amide bonds. The van der Waals surface area contributed by atoms with E-state index in [1.807, 2.05) is 12.1 Å². The molecule has 130 valence electrons. The number of nitrogens with zero attached hydrogens (tertiary/aromatic N) is 1. The Kier molecular flexibility index (Phi) is 6.72. The molecule has 6 heteroatoms. The van der Waals surface area contributed by atoms with Crippen LogP contribution in [0.3, 0.4) is 0 Å². The van der Waals surface area contributed by atoms with E-state index in [9.17, 15) is 8.42 Å². The zero-order valence-electron chi connectivity index (χ0n) is 14.1. The van der Waals surface area contributed by atoms with Crippen molar-refractivity contribution in [2.75, 3.05) is 30.2 Å². The van der Waals surface area contributed by atoms with Crippen molar-refractivity contribution >= 4 is 15.7 Å². The van der Waals surface area contributed by atoms with Gasteiger partial charge in [-0.15, -0.1) is 0 Å². The monoisotopic (exact) mass is 340 g/mol. The third-order valence-corrected chi connectivity index (χ3v) is 5.55. The molecule has 0 bridgehead atoms. The highest BCUT2D eigenvalue weighted by molar-refractivity contribution is 7.92. The van der Waals surface area contributed by atoms with Crippen LogP contribution in [0.1, 0.15) is 39.5 Å². The number of unbranched alkanes of at least 4 members (excludes halogenated alkanes) is 1. The van der Waals surface area contributed by atoms with Crippen LogP contribution in [0.5, 0.6) is 5.75 Å². The van der Waals surface area contributed by atoms with E-state index in [0.29, 0.717) is 18.3 Å². The van der Waals surface area contributed by atoms with E-state index in [0.717, 1.165) is 12.3 Å². The molecule has 0 radical (unpaired) electrons. The van der Waals surface area contributed by atoms with Crippen LogP contribution in [-0.4, -0.2) is 44.8 Å². The van der Waals surface area contributed by atoms with Gasteiger partial charge >= 0.3 is 0 Å². The van der Waals surface area contributed by atoms with Crippen LogP contribution in [0.4, 0.5) is 5.69 Å². The van der Waals surface area contributed by atoms with Crippen LogP contribution < -0.4 is 9.46 Å². The SMILES string of the molecule is CCCCN1CCCC1COc1ccc(NS(=O)(=O)CC)cc1. The number of rotatable bonds is 9. The number of anilines is 1. The van der Waals surface area contributed by atoms with E-state index >= 15 is 0 Å². The van der Waals surface area contributed by atoms with E-state index < -0.39 is 10.0 Å².